The van der Waals surface area contributed by atoms with Crippen LogP contribution in [-0.4, -0.2) is 43.8 Å². The van der Waals surface area contributed by atoms with E-state index in [1.165, 1.54) is 35.2 Å². The van der Waals surface area contributed by atoms with Gasteiger partial charge in [-0.25, -0.2) is 12.8 Å². The van der Waals surface area contributed by atoms with Crippen molar-refractivity contribution in [2.75, 3.05) is 10.8 Å². The first-order chi connectivity index (χ1) is 19.1. The van der Waals surface area contributed by atoms with Gasteiger partial charge in [0.2, 0.25) is 11.8 Å². The smallest absolute Gasteiger partial charge is 0.264 e. The Morgan fingerprint density at radius 1 is 0.950 bits per heavy atom. The molecule has 1 aliphatic carbocycles. The zero-order valence-corrected chi connectivity index (χ0v) is 24.0. The number of benzene rings is 3. The van der Waals surface area contributed by atoms with Gasteiger partial charge in [-0.1, -0.05) is 66.9 Å². The second-order valence-corrected chi connectivity index (χ2v) is 12.3. The number of hydrogen-bond acceptors (Lipinski definition) is 4. The topological polar surface area (TPSA) is 86.8 Å². The minimum atomic E-state index is -4.32. The van der Waals surface area contributed by atoms with Crippen LogP contribution in [0.1, 0.15) is 49.3 Å². The molecule has 1 saturated carbocycles. The second-order valence-electron chi connectivity index (χ2n) is 10.4. The Kier molecular flexibility index (Phi) is 9.25. The van der Waals surface area contributed by atoms with E-state index in [-0.39, 0.29) is 29.1 Å². The highest BCUT2D eigenvalue weighted by molar-refractivity contribution is 7.92. The third-order valence-electron chi connectivity index (χ3n) is 7.48. The van der Waals surface area contributed by atoms with Crippen LogP contribution < -0.4 is 9.62 Å². The van der Waals surface area contributed by atoms with E-state index in [0.29, 0.717) is 0 Å². The zero-order chi connectivity index (χ0) is 28.9. The minimum Gasteiger partial charge on any atom is -0.352 e. The van der Waals surface area contributed by atoms with E-state index in [2.05, 4.69) is 5.32 Å². The molecule has 0 saturated heterocycles. The molecule has 0 aliphatic heterocycles. The lowest BCUT2D eigenvalue weighted by Crippen LogP contribution is -2.52. The van der Waals surface area contributed by atoms with E-state index in [4.69, 9.17) is 0 Å². The normalized spacial score (nSPS) is 14.5. The molecule has 4 rings (SSSR count). The Balaban J connectivity index is 1.70. The molecule has 3 aromatic carbocycles. The highest BCUT2D eigenvalue weighted by atomic mass is 32.2. The largest absolute Gasteiger partial charge is 0.352 e. The summed E-state index contributed by atoms with van der Waals surface area (Å²) >= 11 is 0. The minimum absolute atomic E-state index is 0.0576. The van der Waals surface area contributed by atoms with E-state index >= 15 is 4.39 Å². The molecule has 9 heteroatoms. The molecule has 0 aromatic heterocycles. The summed E-state index contributed by atoms with van der Waals surface area (Å²) in [5.41, 5.74) is 2.38. The lowest BCUT2D eigenvalue weighted by atomic mass is 10.1. The molecule has 212 valence electrons. The van der Waals surface area contributed by atoms with Crippen LogP contribution in [0.3, 0.4) is 0 Å². The number of carbonyl (C=O) groups excluding carboxylic acids is 2. The maximum atomic E-state index is 15.0. The number of carbonyl (C=O) groups is 2. The average Bonchev–Trinajstić information content (AvgIpc) is 3.44. The molecule has 40 heavy (non-hydrogen) atoms. The summed E-state index contributed by atoms with van der Waals surface area (Å²) in [5, 5.41) is 3.05. The van der Waals surface area contributed by atoms with Crippen molar-refractivity contribution >= 4 is 27.5 Å². The molecule has 0 bridgehead atoms. The fourth-order valence-electron chi connectivity index (χ4n) is 4.95. The van der Waals surface area contributed by atoms with Crippen molar-refractivity contribution in [1.29, 1.82) is 0 Å². The van der Waals surface area contributed by atoms with Gasteiger partial charge in [0.25, 0.3) is 10.0 Å². The van der Waals surface area contributed by atoms with E-state index in [0.717, 1.165) is 52.7 Å². The van der Waals surface area contributed by atoms with Crippen molar-refractivity contribution < 1.29 is 22.4 Å². The average molecular weight is 566 g/mol. The lowest BCUT2D eigenvalue weighted by Gasteiger charge is -2.33. The molecule has 2 amide bonds. The number of nitrogens with one attached hydrogen (secondary N) is 1. The molecule has 1 fully saturated rings. The molecule has 1 atom stereocenters. The highest BCUT2D eigenvalue weighted by Gasteiger charge is 2.34. The van der Waals surface area contributed by atoms with Crippen LogP contribution in [-0.2, 0) is 26.2 Å². The van der Waals surface area contributed by atoms with Crippen LogP contribution in [0.4, 0.5) is 10.1 Å². The molecule has 0 heterocycles. The first-order valence-corrected chi connectivity index (χ1v) is 15.0. The fourth-order valence-corrected chi connectivity index (χ4v) is 6.37. The first kappa shape index (κ1) is 29.3. The summed E-state index contributed by atoms with van der Waals surface area (Å²) in [4.78, 5) is 28.6. The number of aryl methyl sites for hydroxylation is 2. The summed E-state index contributed by atoms with van der Waals surface area (Å²) in [6.45, 7) is 4.80. The molecule has 0 spiro atoms. The Hall–Kier alpha value is -3.72. The number of hydrogen-bond donors (Lipinski definition) is 1. The highest BCUT2D eigenvalue weighted by Crippen LogP contribution is 2.27. The number of rotatable bonds is 10. The number of amides is 2. The number of sulfonamides is 1. The number of anilines is 1. The third-order valence-corrected chi connectivity index (χ3v) is 9.25. The van der Waals surface area contributed by atoms with Crippen molar-refractivity contribution in [1.82, 2.24) is 10.2 Å². The standard InChI is InChI=1S/C31H36FN3O4S/c1-22-16-18-27(19-17-22)40(38,39)35(29-15-9-8-14-28(29)32)21-30(36)34(20-25-11-5-4-10-23(25)2)24(3)31(37)33-26-12-6-7-13-26/h4-5,8-11,14-19,24,26H,6-7,12-13,20-21H2,1-3H3,(H,33,37)/t24-/m0/s1. The van der Waals surface area contributed by atoms with Crippen LogP contribution in [0.2, 0.25) is 0 Å². The summed E-state index contributed by atoms with van der Waals surface area (Å²) in [6.07, 6.45) is 3.86. The molecule has 3 aromatic rings. The third kappa shape index (κ3) is 6.70. The van der Waals surface area contributed by atoms with E-state index in [1.807, 2.05) is 38.1 Å². The lowest BCUT2D eigenvalue weighted by molar-refractivity contribution is -0.139. The predicted octanol–water partition coefficient (Wildman–Crippen LogP) is 5.11. The summed E-state index contributed by atoms with van der Waals surface area (Å²) in [6, 6.07) is 18.3. The van der Waals surface area contributed by atoms with Crippen molar-refractivity contribution in [2.24, 2.45) is 0 Å². The van der Waals surface area contributed by atoms with Crippen molar-refractivity contribution in [3.05, 3.63) is 95.3 Å². The summed E-state index contributed by atoms with van der Waals surface area (Å²) in [5.74, 6) is -1.69. The molecular weight excluding hydrogens is 529 g/mol. The van der Waals surface area contributed by atoms with Gasteiger partial charge < -0.3 is 10.2 Å². The van der Waals surface area contributed by atoms with Gasteiger partial charge in [-0.3, -0.25) is 13.9 Å². The van der Waals surface area contributed by atoms with Crippen molar-refractivity contribution in [3.8, 4) is 0 Å². The maximum Gasteiger partial charge on any atom is 0.264 e. The zero-order valence-electron chi connectivity index (χ0n) is 23.1. The predicted molar refractivity (Wildman–Crippen MR) is 154 cm³/mol. The Labute approximate surface area is 236 Å². The molecule has 1 aliphatic rings. The number of halogens is 1. The summed E-state index contributed by atoms with van der Waals surface area (Å²) < 4.78 is 43.4. The van der Waals surface area contributed by atoms with Gasteiger partial charge in [-0.2, -0.15) is 0 Å². The van der Waals surface area contributed by atoms with Crippen LogP contribution in [0.25, 0.3) is 0 Å². The Morgan fingerprint density at radius 2 is 1.57 bits per heavy atom. The van der Waals surface area contributed by atoms with Gasteiger partial charge in [0, 0.05) is 12.6 Å². The SMILES string of the molecule is Cc1ccc(S(=O)(=O)N(CC(=O)N(Cc2ccccc2C)[C@@H](C)C(=O)NC2CCCC2)c2ccccc2F)cc1. The van der Waals surface area contributed by atoms with Gasteiger partial charge in [0.1, 0.15) is 18.4 Å². The van der Waals surface area contributed by atoms with Gasteiger partial charge in [0.05, 0.1) is 10.6 Å². The van der Waals surface area contributed by atoms with Crippen LogP contribution in [0.15, 0.2) is 77.7 Å². The van der Waals surface area contributed by atoms with Gasteiger partial charge >= 0.3 is 0 Å². The Bertz CT molecular complexity index is 1450. The summed E-state index contributed by atoms with van der Waals surface area (Å²) in [7, 11) is -4.32. The van der Waals surface area contributed by atoms with Gasteiger partial charge in [-0.15, -0.1) is 0 Å². The molecule has 1 N–H and O–H groups in total. The van der Waals surface area contributed by atoms with Gasteiger partial charge in [0.15, 0.2) is 0 Å². The van der Waals surface area contributed by atoms with Crippen LogP contribution in [0.5, 0.6) is 0 Å². The van der Waals surface area contributed by atoms with Crippen molar-refractivity contribution in [2.45, 2.75) is 70.0 Å². The maximum absolute atomic E-state index is 15.0. The Morgan fingerprint density at radius 3 is 2.23 bits per heavy atom. The van der Waals surface area contributed by atoms with Crippen LogP contribution >= 0.6 is 0 Å². The first-order valence-electron chi connectivity index (χ1n) is 13.6. The van der Waals surface area contributed by atoms with E-state index in [9.17, 15) is 18.0 Å². The van der Waals surface area contributed by atoms with Gasteiger partial charge in [-0.05, 0) is 69.0 Å². The molecule has 0 unspecified atom stereocenters. The molecule has 7 nitrogen and oxygen atoms in total. The number of nitrogens with zero attached hydrogens (tertiary/aromatic N) is 2. The second kappa shape index (κ2) is 12.6. The van der Waals surface area contributed by atoms with E-state index in [1.54, 1.807) is 19.1 Å². The quantitative estimate of drug-likeness (QED) is 0.370. The van der Waals surface area contributed by atoms with Crippen LogP contribution in [0, 0.1) is 19.7 Å². The fraction of sp³-hybridized carbons (Fsp3) is 0.355. The molecule has 0 radical (unpaired) electrons. The van der Waals surface area contributed by atoms with Crippen molar-refractivity contribution in [3.63, 3.8) is 0 Å². The monoisotopic (exact) mass is 565 g/mol. The number of para-hydroxylation sites is 1. The molecular formula is C31H36FN3O4S. The van der Waals surface area contributed by atoms with E-state index < -0.39 is 34.3 Å².